The van der Waals surface area contributed by atoms with Crippen molar-refractivity contribution in [1.82, 2.24) is 4.90 Å². The van der Waals surface area contributed by atoms with Gasteiger partial charge >= 0.3 is 0 Å². The second-order valence-electron chi connectivity index (χ2n) is 4.35. The minimum atomic E-state index is -0.364. The van der Waals surface area contributed by atoms with Crippen LogP contribution < -0.4 is 0 Å². The fourth-order valence-corrected chi connectivity index (χ4v) is 2.90. The highest BCUT2D eigenvalue weighted by Crippen LogP contribution is 2.21. The molecule has 1 amide bonds. The van der Waals surface area contributed by atoms with E-state index in [0.29, 0.717) is 25.7 Å². The lowest BCUT2D eigenvalue weighted by Crippen LogP contribution is -2.44. The second-order valence-corrected chi connectivity index (χ2v) is 5.14. The van der Waals surface area contributed by atoms with E-state index in [1.165, 1.54) is 0 Å². The van der Waals surface area contributed by atoms with E-state index in [9.17, 15) is 4.79 Å². The Bertz CT molecular complexity index is 243. The first-order valence-electron chi connectivity index (χ1n) is 5.85. The number of hydrogen-bond donors (Lipinski definition) is 0. The Balaban J connectivity index is 1.81. The van der Waals surface area contributed by atoms with Gasteiger partial charge in [0.1, 0.15) is 0 Å². The Kier molecular flexibility index (Phi) is 4.61. The van der Waals surface area contributed by atoms with Crippen molar-refractivity contribution in [2.75, 3.05) is 38.2 Å². The molecule has 92 valence electrons. The average Bonchev–Trinajstić information content (AvgIpc) is 2.78. The van der Waals surface area contributed by atoms with Crippen LogP contribution in [0.25, 0.3) is 0 Å². The largest absolute Gasteiger partial charge is 0.376 e. The van der Waals surface area contributed by atoms with Gasteiger partial charge in [-0.3, -0.25) is 4.79 Å². The molecule has 0 N–H and O–H groups in total. The van der Waals surface area contributed by atoms with E-state index in [2.05, 4.69) is 15.9 Å². The number of carbonyl (C=O) groups excluding carboxylic acids is 1. The molecular formula is C11H18BrNO3. The summed E-state index contributed by atoms with van der Waals surface area (Å²) in [5, 5.41) is 1.02. The first kappa shape index (κ1) is 12.3. The van der Waals surface area contributed by atoms with Crippen LogP contribution in [0.1, 0.15) is 12.8 Å². The summed E-state index contributed by atoms with van der Waals surface area (Å²) in [6.45, 7) is 3.31. The van der Waals surface area contributed by atoms with Gasteiger partial charge in [0.15, 0.2) is 6.10 Å². The first-order valence-corrected chi connectivity index (χ1v) is 6.97. The van der Waals surface area contributed by atoms with E-state index >= 15 is 0 Å². The van der Waals surface area contributed by atoms with Gasteiger partial charge in [-0.1, -0.05) is 15.9 Å². The lowest BCUT2D eigenvalue weighted by molar-refractivity contribution is -0.157. The predicted octanol–water partition coefficient (Wildman–Crippen LogP) is 1.04. The summed E-state index contributed by atoms with van der Waals surface area (Å²) in [7, 11) is 0. The highest BCUT2D eigenvalue weighted by Gasteiger charge is 2.32. The first-order chi connectivity index (χ1) is 7.81. The molecule has 0 radical (unpaired) electrons. The second kappa shape index (κ2) is 5.98. The molecule has 5 heteroatoms. The number of hydrogen-bond acceptors (Lipinski definition) is 3. The van der Waals surface area contributed by atoms with Crippen molar-refractivity contribution in [2.45, 2.75) is 18.9 Å². The van der Waals surface area contributed by atoms with Crippen LogP contribution in [-0.4, -0.2) is 55.2 Å². The van der Waals surface area contributed by atoms with Crippen LogP contribution in [0.2, 0.25) is 0 Å². The molecule has 16 heavy (non-hydrogen) atoms. The maximum absolute atomic E-state index is 12.1. The van der Waals surface area contributed by atoms with Crippen LogP contribution in [0.15, 0.2) is 0 Å². The third-order valence-corrected chi connectivity index (χ3v) is 3.66. The van der Waals surface area contributed by atoms with Crippen molar-refractivity contribution in [2.24, 2.45) is 5.92 Å². The molecule has 0 spiro atoms. The molecule has 2 atom stereocenters. The van der Waals surface area contributed by atoms with Crippen molar-refractivity contribution in [3.8, 4) is 0 Å². The topological polar surface area (TPSA) is 38.8 Å². The SMILES string of the molecule is O=C(C1COCCO1)N1CCC(CCBr)C1. The number of alkyl halides is 1. The van der Waals surface area contributed by atoms with E-state index in [1.54, 1.807) is 0 Å². The van der Waals surface area contributed by atoms with Crippen molar-refractivity contribution >= 4 is 21.8 Å². The number of halogens is 1. The van der Waals surface area contributed by atoms with E-state index in [-0.39, 0.29) is 12.0 Å². The summed E-state index contributed by atoms with van der Waals surface area (Å²) in [5.74, 6) is 0.754. The Morgan fingerprint density at radius 2 is 2.31 bits per heavy atom. The number of likely N-dealkylation sites (tertiary alicyclic amines) is 1. The third-order valence-electron chi connectivity index (χ3n) is 3.21. The van der Waals surface area contributed by atoms with E-state index < -0.39 is 0 Å². The molecule has 4 nitrogen and oxygen atoms in total. The molecule has 2 unspecified atom stereocenters. The molecule has 2 aliphatic heterocycles. The molecule has 2 rings (SSSR count). The van der Waals surface area contributed by atoms with Gasteiger partial charge in [-0.25, -0.2) is 0 Å². The number of nitrogens with zero attached hydrogens (tertiary/aromatic N) is 1. The van der Waals surface area contributed by atoms with Crippen LogP contribution in [0.5, 0.6) is 0 Å². The standard InChI is InChI=1S/C11H18BrNO3/c12-3-1-9-2-4-13(7-9)11(14)10-8-15-5-6-16-10/h9-10H,1-8H2. The van der Waals surface area contributed by atoms with Crippen molar-refractivity contribution in [3.05, 3.63) is 0 Å². The van der Waals surface area contributed by atoms with Gasteiger partial charge in [-0.05, 0) is 18.8 Å². The Hall–Kier alpha value is -0.130. The van der Waals surface area contributed by atoms with Gasteiger partial charge in [0, 0.05) is 18.4 Å². The zero-order valence-corrected chi connectivity index (χ0v) is 10.9. The molecule has 0 bridgehead atoms. The molecule has 0 aromatic heterocycles. The quantitative estimate of drug-likeness (QED) is 0.729. The summed E-state index contributed by atoms with van der Waals surface area (Å²) in [6, 6.07) is 0. The maximum Gasteiger partial charge on any atom is 0.254 e. The monoisotopic (exact) mass is 291 g/mol. The van der Waals surface area contributed by atoms with Crippen molar-refractivity contribution in [1.29, 1.82) is 0 Å². The van der Waals surface area contributed by atoms with Crippen LogP contribution in [0.3, 0.4) is 0 Å². The molecular weight excluding hydrogens is 274 g/mol. The van der Waals surface area contributed by atoms with Gasteiger partial charge in [0.25, 0.3) is 5.91 Å². The maximum atomic E-state index is 12.1. The molecule has 0 aromatic carbocycles. The zero-order valence-electron chi connectivity index (χ0n) is 9.36. The lowest BCUT2D eigenvalue weighted by atomic mass is 10.1. The molecule has 0 aromatic rings. The van der Waals surface area contributed by atoms with Gasteiger partial charge in [-0.2, -0.15) is 0 Å². The summed E-state index contributed by atoms with van der Waals surface area (Å²) >= 11 is 3.44. The van der Waals surface area contributed by atoms with E-state index in [1.807, 2.05) is 4.90 Å². The fraction of sp³-hybridized carbons (Fsp3) is 0.909. The van der Waals surface area contributed by atoms with Gasteiger partial charge < -0.3 is 14.4 Å². The summed E-state index contributed by atoms with van der Waals surface area (Å²) in [4.78, 5) is 14.0. The van der Waals surface area contributed by atoms with E-state index in [4.69, 9.17) is 9.47 Å². The molecule has 2 heterocycles. The highest BCUT2D eigenvalue weighted by molar-refractivity contribution is 9.09. The minimum absolute atomic E-state index is 0.108. The van der Waals surface area contributed by atoms with Crippen LogP contribution in [0, 0.1) is 5.92 Å². The molecule has 0 aliphatic carbocycles. The van der Waals surface area contributed by atoms with Gasteiger partial charge in [0.2, 0.25) is 0 Å². The van der Waals surface area contributed by atoms with Crippen molar-refractivity contribution in [3.63, 3.8) is 0 Å². The molecule has 2 fully saturated rings. The molecule has 2 saturated heterocycles. The minimum Gasteiger partial charge on any atom is -0.376 e. The Morgan fingerprint density at radius 1 is 1.44 bits per heavy atom. The number of ether oxygens (including phenoxy) is 2. The predicted molar refractivity (Wildman–Crippen MR) is 63.7 cm³/mol. The number of rotatable bonds is 3. The van der Waals surface area contributed by atoms with Gasteiger partial charge in [0.05, 0.1) is 19.8 Å². The van der Waals surface area contributed by atoms with Crippen molar-refractivity contribution < 1.29 is 14.3 Å². The normalized spacial score (nSPS) is 30.7. The molecule has 2 aliphatic rings. The average molecular weight is 292 g/mol. The van der Waals surface area contributed by atoms with Gasteiger partial charge in [-0.15, -0.1) is 0 Å². The third kappa shape index (κ3) is 2.96. The summed E-state index contributed by atoms with van der Waals surface area (Å²) in [5.41, 5.74) is 0. The van der Waals surface area contributed by atoms with Crippen LogP contribution in [-0.2, 0) is 14.3 Å². The smallest absolute Gasteiger partial charge is 0.254 e. The Morgan fingerprint density at radius 3 is 3.00 bits per heavy atom. The number of carbonyl (C=O) groups is 1. The fourth-order valence-electron chi connectivity index (χ4n) is 2.26. The summed E-state index contributed by atoms with van der Waals surface area (Å²) in [6.07, 6.45) is 1.90. The zero-order chi connectivity index (χ0) is 11.4. The summed E-state index contributed by atoms with van der Waals surface area (Å²) < 4.78 is 10.7. The van der Waals surface area contributed by atoms with E-state index in [0.717, 1.165) is 31.3 Å². The number of amides is 1. The Labute approximate surface area is 104 Å². The molecule has 0 saturated carbocycles. The lowest BCUT2D eigenvalue weighted by Gasteiger charge is -2.26. The van der Waals surface area contributed by atoms with Crippen LogP contribution >= 0.6 is 15.9 Å². The highest BCUT2D eigenvalue weighted by atomic mass is 79.9. The van der Waals surface area contributed by atoms with Crippen LogP contribution in [0.4, 0.5) is 0 Å².